The van der Waals surface area contributed by atoms with Crippen LogP contribution in [0.5, 0.6) is 0 Å². The number of hydrogen-bond donors (Lipinski definition) is 2. The summed E-state index contributed by atoms with van der Waals surface area (Å²) in [7, 11) is -6.34. The fourth-order valence-electron chi connectivity index (χ4n) is 3.00. The molecule has 8 nitrogen and oxygen atoms in total. The Labute approximate surface area is 194 Å². The van der Waals surface area contributed by atoms with Crippen LogP contribution in [0, 0.1) is 0 Å². The van der Waals surface area contributed by atoms with Gasteiger partial charge in [0.1, 0.15) is 16.1 Å². The van der Waals surface area contributed by atoms with E-state index in [1.165, 1.54) is 31.8 Å². The smallest absolute Gasteiger partial charge is 0.398 e. The van der Waals surface area contributed by atoms with E-state index in [-0.39, 0.29) is 6.54 Å². The summed E-state index contributed by atoms with van der Waals surface area (Å²) in [5.74, 6) is 0. The van der Waals surface area contributed by atoms with Gasteiger partial charge in [-0.2, -0.15) is 21.6 Å². The first-order chi connectivity index (χ1) is 15.2. The topological polar surface area (TPSA) is 122 Å². The summed E-state index contributed by atoms with van der Waals surface area (Å²) in [6, 6.07) is 0.722. The summed E-state index contributed by atoms with van der Waals surface area (Å²) in [6.45, 7) is 2.18. The highest BCUT2D eigenvalue weighted by Gasteiger charge is 2.39. The van der Waals surface area contributed by atoms with Crippen LogP contribution in [0.4, 0.5) is 18.9 Å². The number of benzene rings is 1. The normalized spacial score (nSPS) is 13.0. The molecule has 0 aliphatic carbocycles. The highest BCUT2D eigenvalue weighted by Crippen LogP contribution is 2.38. The van der Waals surface area contributed by atoms with Crippen molar-refractivity contribution in [2.45, 2.75) is 74.3 Å². The summed E-state index contributed by atoms with van der Waals surface area (Å²) in [5, 5.41) is 0. The molecule has 190 valence electrons. The first-order valence-corrected chi connectivity index (χ1v) is 13.6. The number of rotatable bonds is 14. The molecule has 0 fully saturated rings. The van der Waals surface area contributed by atoms with Crippen LogP contribution in [-0.2, 0) is 26.2 Å². The molecule has 1 rings (SSSR count). The van der Waals surface area contributed by atoms with E-state index in [9.17, 15) is 30.0 Å². The molecule has 0 atom stereocenters. The fourth-order valence-corrected chi connectivity index (χ4v) is 5.43. The summed E-state index contributed by atoms with van der Waals surface area (Å²) in [6.07, 6.45) is 3.66. The second kappa shape index (κ2) is 12.6. The van der Waals surface area contributed by atoms with Gasteiger partial charge in [-0.1, -0.05) is 51.9 Å². The molecule has 0 saturated carbocycles. The number of unbranched alkanes of at least 4 members (excludes halogenated alkanes) is 7. The van der Waals surface area contributed by atoms with Crippen molar-refractivity contribution in [1.82, 2.24) is 9.62 Å². The van der Waals surface area contributed by atoms with Crippen LogP contribution < -0.4 is 10.5 Å². The third-order valence-electron chi connectivity index (χ3n) is 4.72. The van der Waals surface area contributed by atoms with Crippen molar-refractivity contribution in [1.29, 1.82) is 0 Å². The number of nitrogens with zero attached hydrogens (tertiary/aromatic N) is 2. The zero-order chi connectivity index (χ0) is 25.3. The van der Waals surface area contributed by atoms with E-state index in [1.54, 1.807) is 0 Å². The van der Waals surface area contributed by atoms with Crippen LogP contribution in [0.3, 0.4) is 0 Å². The molecule has 0 bridgehead atoms. The van der Waals surface area contributed by atoms with E-state index >= 15 is 0 Å². The van der Waals surface area contributed by atoms with Crippen molar-refractivity contribution in [3.63, 3.8) is 0 Å². The molecule has 0 aliphatic heterocycles. The number of hydrogen-bond acceptors (Lipinski definition) is 5. The number of nitrogens with one attached hydrogen (secondary N) is 1. The van der Waals surface area contributed by atoms with E-state index in [0.717, 1.165) is 38.4 Å². The molecule has 3 N–H and O–H groups in total. The van der Waals surface area contributed by atoms with Crippen molar-refractivity contribution in [2.24, 2.45) is 4.40 Å². The zero-order valence-corrected chi connectivity index (χ0v) is 20.8. The molecule has 0 aromatic heterocycles. The van der Waals surface area contributed by atoms with Crippen LogP contribution in [-0.4, -0.2) is 48.7 Å². The maximum absolute atomic E-state index is 13.5. The monoisotopic (exact) mass is 514 g/mol. The first kappa shape index (κ1) is 29.2. The number of anilines is 1. The van der Waals surface area contributed by atoms with Crippen LogP contribution in [0.1, 0.15) is 63.9 Å². The number of alkyl halides is 3. The fraction of sp³-hybridized carbons (Fsp3) is 0.650. The molecule has 0 saturated heterocycles. The van der Waals surface area contributed by atoms with Crippen LogP contribution in [0.2, 0.25) is 0 Å². The van der Waals surface area contributed by atoms with Gasteiger partial charge >= 0.3 is 6.18 Å². The summed E-state index contributed by atoms with van der Waals surface area (Å²) in [4.78, 5) is -0.811. The second-order valence-electron chi connectivity index (χ2n) is 7.92. The predicted molar refractivity (Wildman–Crippen MR) is 123 cm³/mol. The van der Waals surface area contributed by atoms with Gasteiger partial charge in [0.15, 0.2) is 0 Å². The molecule has 0 heterocycles. The van der Waals surface area contributed by atoms with Gasteiger partial charge in [-0.05, 0) is 18.6 Å². The number of sulfonamides is 2. The minimum Gasteiger partial charge on any atom is -0.398 e. The van der Waals surface area contributed by atoms with Crippen molar-refractivity contribution in [3.05, 3.63) is 17.7 Å². The molecule has 33 heavy (non-hydrogen) atoms. The Bertz CT molecular complexity index is 1010. The molecule has 0 spiro atoms. The SMILES string of the molecule is CCCCCCCCCCNS(=O)(=O)c1cc(S(=O)(=O)/N=C/N(C)C)c(C(F)(F)F)cc1N. The summed E-state index contributed by atoms with van der Waals surface area (Å²) in [5.41, 5.74) is 3.30. The molecule has 13 heteroatoms. The molecular weight excluding hydrogens is 481 g/mol. The maximum Gasteiger partial charge on any atom is 0.417 e. The summed E-state index contributed by atoms with van der Waals surface area (Å²) < 4.78 is 96.0. The number of nitrogens with two attached hydrogens (primary N) is 1. The van der Waals surface area contributed by atoms with E-state index in [2.05, 4.69) is 16.0 Å². The lowest BCUT2D eigenvalue weighted by molar-refractivity contribution is -0.139. The van der Waals surface area contributed by atoms with Crippen molar-refractivity contribution < 1.29 is 30.0 Å². The first-order valence-electron chi connectivity index (χ1n) is 10.7. The molecule has 0 aliphatic rings. The van der Waals surface area contributed by atoms with Gasteiger partial charge in [-0.25, -0.2) is 13.1 Å². The van der Waals surface area contributed by atoms with Crippen LogP contribution in [0.25, 0.3) is 0 Å². The van der Waals surface area contributed by atoms with Crippen molar-refractivity contribution >= 4 is 32.1 Å². The predicted octanol–water partition coefficient (Wildman–Crippen LogP) is 3.99. The Morgan fingerprint density at radius 3 is 2.03 bits per heavy atom. The quantitative estimate of drug-likeness (QED) is 0.168. The number of nitrogen functional groups attached to an aromatic ring is 1. The largest absolute Gasteiger partial charge is 0.417 e. The Hall–Kier alpha value is -1.86. The van der Waals surface area contributed by atoms with E-state index in [4.69, 9.17) is 5.73 Å². The van der Waals surface area contributed by atoms with Gasteiger partial charge in [0.25, 0.3) is 10.0 Å². The molecule has 0 amide bonds. The Kier molecular flexibility index (Phi) is 11.1. The lowest BCUT2D eigenvalue weighted by atomic mass is 10.1. The molecular formula is C20H33F3N4O4S2. The molecule has 1 aromatic rings. The Morgan fingerprint density at radius 2 is 1.52 bits per heavy atom. The lowest BCUT2D eigenvalue weighted by Gasteiger charge is -2.16. The van der Waals surface area contributed by atoms with E-state index in [1.807, 2.05) is 0 Å². The van der Waals surface area contributed by atoms with Gasteiger partial charge in [0, 0.05) is 20.6 Å². The molecule has 1 aromatic carbocycles. The molecule has 0 unspecified atom stereocenters. The minimum absolute atomic E-state index is 0.0542. The molecule has 0 radical (unpaired) electrons. The van der Waals surface area contributed by atoms with E-state index < -0.39 is 47.3 Å². The van der Waals surface area contributed by atoms with Gasteiger partial charge in [0.05, 0.1) is 11.3 Å². The van der Waals surface area contributed by atoms with Crippen molar-refractivity contribution in [3.8, 4) is 0 Å². The standard InChI is InChI=1S/C20H33F3N4O4S2/c1-4-5-6-7-8-9-10-11-12-25-33(30,31)19-14-18(32(28,29)26-15-27(2)3)16(13-17(19)24)20(21,22)23/h13-15,25H,4-12,24H2,1-3H3/b26-15+. The van der Waals surface area contributed by atoms with Gasteiger partial charge in [-0.3, -0.25) is 0 Å². The number of halogens is 3. The maximum atomic E-state index is 13.5. The second-order valence-corrected chi connectivity index (χ2v) is 11.3. The Morgan fingerprint density at radius 1 is 0.970 bits per heavy atom. The van der Waals surface area contributed by atoms with Crippen LogP contribution in [0.15, 0.2) is 26.3 Å². The zero-order valence-electron chi connectivity index (χ0n) is 19.2. The minimum atomic E-state index is -5.09. The summed E-state index contributed by atoms with van der Waals surface area (Å²) >= 11 is 0. The average molecular weight is 515 g/mol. The van der Waals surface area contributed by atoms with Gasteiger partial charge in [-0.15, -0.1) is 4.40 Å². The third kappa shape index (κ3) is 9.49. The third-order valence-corrected chi connectivity index (χ3v) is 7.51. The van der Waals surface area contributed by atoms with Gasteiger partial charge in [0.2, 0.25) is 10.0 Å². The highest BCUT2D eigenvalue weighted by atomic mass is 32.2. The van der Waals surface area contributed by atoms with Gasteiger partial charge < -0.3 is 10.6 Å². The van der Waals surface area contributed by atoms with E-state index in [0.29, 0.717) is 18.6 Å². The van der Waals surface area contributed by atoms with Crippen LogP contribution >= 0.6 is 0 Å². The average Bonchev–Trinajstić information content (AvgIpc) is 2.70. The lowest BCUT2D eigenvalue weighted by Crippen LogP contribution is -2.26. The van der Waals surface area contributed by atoms with Crippen molar-refractivity contribution in [2.75, 3.05) is 26.4 Å². The Balaban J connectivity index is 3.06. The highest BCUT2D eigenvalue weighted by molar-refractivity contribution is 7.90.